The first-order chi connectivity index (χ1) is 14.2. The number of hydrogen-bond acceptors (Lipinski definition) is 8. The van der Waals surface area contributed by atoms with Gasteiger partial charge in [0, 0.05) is 5.56 Å². The van der Waals surface area contributed by atoms with E-state index in [0.717, 1.165) is 0 Å². The van der Waals surface area contributed by atoms with Crippen molar-refractivity contribution in [1.29, 1.82) is 0 Å². The van der Waals surface area contributed by atoms with Crippen molar-refractivity contribution in [3.05, 3.63) is 30.0 Å². The van der Waals surface area contributed by atoms with Crippen LogP contribution in [-0.2, 0) is 9.47 Å². The summed E-state index contributed by atoms with van der Waals surface area (Å²) in [6.45, 7) is 5.61. The number of hydrogen-bond donors (Lipinski definition) is 3. The SMILES string of the molecule is COc1cnc2cccc([C@@H](O)[C@@H](O)[C@@H]3CC[C@@H](NC(=O)OC(C)(C)C)CO3)c2n1. The normalized spacial score (nSPS) is 21.7. The number of nitrogens with one attached hydrogen (secondary N) is 1. The number of alkyl carbamates (subject to hydrolysis) is 1. The first kappa shape index (κ1) is 22.2. The minimum atomic E-state index is -1.21. The summed E-state index contributed by atoms with van der Waals surface area (Å²) >= 11 is 0. The highest BCUT2D eigenvalue weighted by Gasteiger charge is 2.34. The standard InChI is InChI=1S/C21H29N3O6/c1-21(2,3)30-20(27)23-12-8-9-15(29-11-12)19(26)18(25)13-6-5-7-14-17(13)24-16(28-4)10-22-14/h5-7,10,12,15,18-19,25-26H,8-9,11H2,1-4H3,(H,23,27)/t12-,15+,18-,19+/m1/s1. The van der Waals surface area contributed by atoms with Crippen LogP contribution < -0.4 is 10.1 Å². The first-order valence-corrected chi connectivity index (χ1v) is 9.95. The minimum Gasteiger partial charge on any atom is -0.480 e. The Kier molecular flexibility index (Phi) is 6.74. The molecule has 1 aromatic heterocycles. The van der Waals surface area contributed by atoms with Gasteiger partial charge in [0.15, 0.2) is 0 Å². The summed E-state index contributed by atoms with van der Waals surface area (Å²) in [6, 6.07) is 5.00. The molecule has 1 amide bonds. The number of aromatic nitrogens is 2. The van der Waals surface area contributed by atoms with E-state index in [2.05, 4.69) is 15.3 Å². The summed E-state index contributed by atoms with van der Waals surface area (Å²) in [5, 5.41) is 24.3. The van der Waals surface area contributed by atoms with Gasteiger partial charge in [-0.1, -0.05) is 12.1 Å². The number of para-hydroxylation sites is 1. The molecule has 1 aliphatic heterocycles. The lowest BCUT2D eigenvalue weighted by molar-refractivity contribution is -0.113. The molecule has 0 saturated carbocycles. The van der Waals surface area contributed by atoms with Gasteiger partial charge in [-0.05, 0) is 39.7 Å². The van der Waals surface area contributed by atoms with E-state index in [-0.39, 0.29) is 12.6 Å². The van der Waals surface area contributed by atoms with Gasteiger partial charge in [-0.2, -0.15) is 0 Å². The number of fused-ring (bicyclic) bond motifs is 1. The third kappa shape index (κ3) is 5.35. The predicted octanol–water partition coefficient (Wildman–Crippen LogP) is 2.10. The molecule has 2 aromatic rings. The number of ether oxygens (including phenoxy) is 3. The number of aliphatic hydroxyl groups excluding tert-OH is 2. The highest BCUT2D eigenvalue weighted by molar-refractivity contribution is 5.78. The zero-order valence-corrected chi connectivity index (χ0v) is 17.7. The lowest BCUT2D eigenvalue weighted by Crippen LogP contribution is -2.47. The maximum atomic E-state index is 11.9. The summed E-state index contributed by atoms with van der Waals surface area (Å²) in [4.78, 5) is 20.5. The van der Waals surface area contributed by atoms with Crippen molar-refractivity contribution in [2.45, 2.75) is 63.6 Å². The molecule has 1 aliphatic rings. The molecule has 9 heteroatoms. The number of carbonyl (C=O) groups is 1. The van der Waals surface area contributed by atoms with Crippen molar-refractivity contribution in [1.82, 2.24) is 15.3 Å². The van der Waals surface area contributed by atoms with Gasteiger partial charge in [0.05, 0.1) is 43.1 Å². The topological polar surface area (TPSA) is 123 Å². The smallest absolute Gasteiger partial charge is 0.407 e. The van der Waals surface area contributed by atoms with Gasteiger partial charge in [-0.3, -0.25) is 0 Å². The number of benzene rings is 1. The Bertz CT molecular complexity index is 877. The maximum absolute atomic E-state index is 11.9. The van der Waals surface area contributed by atoms with Crippen molar-refractivity contribution in [3.8, 4) is 5.88 Å². The molecule has 0 bridgehead atoms. The lowest BCUT2D eigenvalue weighted by Gasteiger charge is -2.34. The number of carbonyl (C=O) groups excluding carboxylic acids is 1. The fraction of sp³-hybridized carbons (Fsp3) is 0.571. The monoisotopic (exact) mass is 419 g/mol. The maximum Gasteiger partial charge on any atom is 0.407 e. The van der Waals surface area contributed by atoms with Crippen molar-refractivity contribution in [3.63, 3.8) is 0 Å². The van der Waals surface area contributed by atoms with Crippen LogP contribution in [0.1, 0.15) is 45.3 Å². The molecule has 0 spiro atoms. The van der Waals surface area contributed by atoms with Crippen LogP contribution in [0.4, 0.5) is 4.79 Å². The Labute approximate surface area is 175 Å². The molecule has 4 atom stereocenters. The summed E-state index contributed by atoms with van der Waals surface area (Å²) in [5.41, 5.74) is 0.922. The average Bonchev–Trinajstić information content (AvgIpc) is 2.71. The molecule has 2 heterocycles. The van der Waals surface area contributed by atoms with Crippen LogP contribution in [0.15, 0.2) is 24.4 Å². The summed E-state index contributed by atoms with van der Waals surface area (Å²) in [6.07, 6.45) is -0.891. The van der Waals surface area contributed by atoms with Crippen molar-refractivity contribution >= 4 is 17.1 Å². The second kappa shape index (κ2) is 9.11. The van der Waals surface area contributed by atoms with E-state index in [0.29, 0.717) is 35.3 Å². The first-order valence-electron chi connectivity index (χ1n) is 9.95. The molecule has 0 unspecified atom stereocenters. The van der Waals surface area contributed by atoms with Crippen LogP contribution in [0.2, 0.25) is 0 Å². The van der Waals surface area contributed by atoms with Gasteiger partial charge in [0.25, 0.3) is 0 Å². The number of amides is 1. The van der Waals surface area contributed by atoms with Crippen molar-refractivity contribution < 1.29 is 29.2 Å². The van der Waals surface area contributed by atoms with E-state index >= 15 is 0 Å². The van der Waals surface area contributed by atoms with E-state index in [1.54, 1.807) is 39.0 Å². The summed E-state index contributed by atoms with van der Waals surface area (Å²) in [7, 11) is 1.49. The fourth-order valence-electron chi connectivity index (χ4n) is 3.39. The Balaban J connectivity index is 1.63. The van der Waals surface area contributed by atoms with Crippen LogP contribution in [0.3, 0.4) is 0 Å². The number of methoxy groups -OCH3 is 1. The average molecular weight is 419 g/mol. The predicted molar refractivity (Wildman–Crippen MR) is 109 cm³/mol. The second-order valence-electron chi connectivity index (χ2n) is 8.36. The molecule has 9 nitrogen and oxygen atoms in total. The van der Waals surface area contributed by atoms with Gasteiger partial charge >= 0.3 is 6.09 Å². The van der Waals surface area contributed by atoms with Gasteiger partial charge < -0.3 is 29.7 Å². The third-order valence-corrected chi connectivity index (χ3v) is 4.85. The highest BCUT2D eigenvalue weighted by Crippen LogP contribution is 2.30. The molecule has 0 aliphatic carbocycles. The second-order valence-corrected chi connectivity index (χ2v) is 8.36. The van der Waals surface area contributed by atoms with E-state index in [9.17, 15) is 15.0 Å². The zero-order chi connectivity index (χ0) is 21.9. The molecular formula is C21H29N3O6. The molecule has 1 saturated heterocycles. The zero-order valence-electron chi connectivity index (χ0n) is 17.7. The van der Waals surface area contributed by atoms with Gasteiger partial charge in [0.1, 0.15) is 17.8 Å². The van der Waals surface area contributed by atoms with Crippen molar-refractivity contribution in [2.24, 2.45) is 0 Å². The Morgan fingerprint density at radius 3 is 2.70 bits per heavy atom. The fourth-order valence-corrected chi connectivity index (χ4v) is 3.39. The van der Waals surface area contributed by atoms with Crippen LogP contribution >= 0.6 is 0 Å². The van der Waals surface area contributed by atoms with Gasteiger partial charge in [-0.15, -0.1) is 0 Å². The minimum absolute atomic E-state index is 0.215. The van der Waals surface area contributed by atoms with E-state index in [4.69, 9.17) is 14.2 Å². The van der Waals surface area contributed by atoms with Crippen LogP contribution in [-0.4, -0.2) is 63.8 Å². The molecule has 30 heavy (non-hydrogen) atoms. The highest BCUT2D eigenvalue weighted by atomic mass is 16.6. The van der Waals surface area contributed by atoms with Crippen LogP contribution in [0, 0.1) is 0 Å². The number of nitrogens with zero attached hydrogens (tertiary/aromatic N) is 2. The number of rotatable bonds is 5. The molecule has 1 aromatic carbocycles. The molecule has 164 valence electrons. The summed E-state index contributed by atoms with van der Waals surface area (Å²) < 4.78 is 16.1. The van der Waals surface area contributed by atoms with Crippen LogP contribution in [0.25, 0.3) is 11.0 Å². The largest absolute Gasteiger partial charge is 0.480 e. The van der Waals surface area contributed by atoms with Crippen LogP contribution in [0.5, 0.6) is 5.88 Å². The Morgan fingerprint density at radius 1 is 1.30 bits per heavy atom. The van der Waals surface area contributed by atoms with Crippen molar-refractivity contribution in [2.75, 3.05) is 13.7 Å². The third-order valence-electron chi connectivity index (χ3n) is 4.85. The summed E-state index contributed by atoms with van der Waals surface area (Å²) in [5.74, 6) is 0.321. The molecule has 3 N–H and O–H groups in total. The molecule has 0 radical (unpaired) electrons. The Morgan fingerprint density at radius 2 is 2.07 bits per heavy atom. The lowest BCUT2D eigenvalue weighted by atomic mass is 9.94. The molecular weight excluding hydrogens is 390 g/mol. The number of aliphatic hydroxyl groups is 2. The van der Waals surface area contributed by atoms with E-state index < -0.39 is 30.0 Å². The quantitative estimate of drug-likeness (QED) is 0.673. The molecule has 1 fully saturated rings. The van der Waals surface area contributed by atoms with E-state index in [1.807, 2.05) is 0 Å². The van der Waals surface area contributed by atoms with Gasteiger partial charge in [0.2, 0.25) is 5.88 Å². The van der Waals surface area contributed by atoms with E-state index in [1.165, 1.54) is 13.3 Å². The van der Waals surface area contributed by atoms with Gasteiger partial charge in [-0.25, -0.2) is 14.8 Å². The molecule has 3 rings (SSSR count). The Hall–Kier alpha value is -2.49.